The predicted molar refractivity (Wildman–Crippen MR) is 60.4 cm³/mol. The van der Waals surface area contributed by atoms with Gasteiger partial charge in [0.05, 0.1) is 12.6 Å². The van der Waals surface area contributed by atoms with Gasteiger partial charge in [-0.3, -0.25) is 10.1 Å². The maximum atomic E-state index is 11.6. The molecule has 0 spiro atoms. The van der Waals surface area contributed by atoms with Crippen molar-refractivity contribution in [3.63, 3.8) is 0 Å². The molecule has 0 aliphatic carbocycles. The van der Waals surface area contributed by atoms with Crippen LogP contribution in [0.1, 0.15) is 10.4 Å². The monoisotopic (exact) mass is 249 g/mol. The lowest BCUT2D eigenvalue weighted by atomic mass is 10.2. The van der Waals surface area contributed by atoms with Crippen LogP contribution >= 0.6 is 11.6 Å². The lowest BCUT2D eigenvalue weighted by Crippen LogP contribution is -2.34. The number of nitrogens with one attached hydrogen (secondary N) is 1. The third-order valence-electron chi connectivity index (χ3n) is 2.35. The Balaban J connectivity index is 1.96. The number of nitrogens with zero attached hydrogens (tertiary/aromatic N) is 2. The minimum atomic E-state index is -0.545. The number of urea groups is 1. The molecule has 1 aliphatic heterocycles. The van der Waals surface area contributed by atoms with Crippen molar-refractivity contribution in [2.75, 3.05) is 6.54 Å². The van der Waals surface area contributed by atoms with E-state index in [2.05, 4.69) is 5.32 Å². The number of nitriles is 1. The van der Waals surface area contributed by atoms with Crippen LogP contribution in [-0.2, 0) is 0 Å². The smallest absolute Gasteiger partial charge is 0.303 e. The SMILES string of the molecule is N#CC1CN1C(=O)NC(=O)c1ccc(Cl)cc1. The Labute approximate surface area is 103 Å². The van der Waals surface area contributed by atoms with Gasteiger partial charge < -0.3 is 4.90 Å². The molecule has 1 heterocycles. The van der Waals surface area contributed by atoms with Crippen molar-refractivity contribution in [1.29, 1.82) is 5.26 Å². The zero-order valence-electron chi connectivity index (χ0n) is 8.68. The molecule has 0 aromatic heterocycles. The number of carbonyl (C=O) groups excluding carboxylic acids is 2. The van der Waals surface area contributed by atoms with Gasteiger partial charge in [-0.25, -0.2) is 4.79 Å². The highest BCUT2D eigenvalue weighted by molar-refractivity contribution is 6.30. The highest BCUT2D eigenvalue weighted by atomic mass is 35.5. The number of halogens is 1. The first-order chi connectivity index (χ1) is 8.11. The Morgan fingerprint density at radius 3 is 2.59 bits per heavy atom. The molecule has 1 aliphatic rings. The predicted octanol–water partition coefficient (Wildman–Crippen LogP) is 1.40. The average Bonchev–Trinajstić information content (AvgIpc) is 3.09. The molecular weight excluding hydrogens is 242 g/mol. The van der Waals surface area contributed by atoms with Crippen LogP contribution in [-0.4, -0.2) is 29.4 Å². The van der Waals surface area contributed by atoms with E-state index in [1.807, 2.05) is 6.07 Å². The second-order valence-electron chi connectivity index (χ2n) is 3.56. The van der Waals surface area contributed by atoms with Gasteiger partial charge in [-0.1, -0.05) is 11.6 Å². The van der Waals surface area contributed by atoms with E-state index in [4.69, 9.17) is 16.9 Å². The number of amides is 3. The van der Waals surface area contributed by atoms with Gasteiger partial charge in [-0.05, 0) is 24.3 Å². The first kappa shape index (κ1) is 11.4. The maximum absolute atomic E-state index is 11.6. The summed E-state index contributed by atoms with van der Waals surface area (Å²) in [5, 5.41) is 11.2. The van der Waals surface area contributed by atoms with E-state index < -0.39 is 18.0 Å². The van der Waals surface area contributed by atoms with Crippen LogP contribution in [0.25, 0.3) is 0 Å². The first-order valence-electron chi connectivity index (χ1n) is 4.89. The number of hydrogen-bond acceptors (Lipinski definition) is 3. The fourth-order valence-corrected chi connectivity index (χ4v) is 1.44. The Bertz CT molecular complexity index is 506. The molecule has 0 radical (unpaired) electrons. The van der Waals surface area contributed by atoms with E-state index in [0.717, 1.165) is 0 Å². The van der Waals surface area contributed by atoms with Crippen molar-refractivity contribution < 1.29 is 9.59 Å². The Kier molecular flexibility index (Phi) is 2.98. The summed E-state index contributed by atoms with van der Waals surface area (Å²) in [6, 6.07) is 7.15. The van der Waals surface area contributed by atoms with Crippen molar-refractivity contribution in [1.82, 2.24) is 10.2 Å². The number of hydrogen-bond donors (Lipinski definition) is 1. The molecule has 5 nitrogen and oxygen atoms in total. The van der Waals surface area contributed by atoms with Gasteiger partial charge in [-0.15, -0.1) is 0 Å². The molecule has 86 valence electrons. The molecule has 1 aromatic rings. The summed E-state index contributed by atoms with van der Waals surface area (Å²) in [6.07, 6.45) is 0. The fourth-order valence-electron chi connectivity index (χ4n) is 1.32. The molecule has 1 fully saturated rings. The largest absolute Gasteiger partial charge is 0.325 e. The van der Waals surface area contributed by atoms with Gasteiger partial charge in [0.2, 0.25) is 0 Å². The summed E-state index contributed by atoms with van der Waals surface area (Å²) < 4.78 is 0. The Hall–Kier alpha value is -2.06. The molecule has 1 aromatic carbocycles. The summed E-state index contributed by atoms with van der Waals surface area (Å²) in [7, 11) is 0. The molecule has 17 heavy (non-hydrogen) atoms. The molecule has 2 rings (SSSR count). The number of rotatable bonds is 1. The number of imide groups is 1. The van der Waals surface area contributed by atoms with E-state index in [-0.39, 0.29) is 0 Å². The van der Waals surface area contributed by atoms with E-state index in [0.29, 0.717) is 17.1 Å². The van der Waals surface area contributed by atoms with Crippen LogP contribution < -0.4 is 5.32 Å². The molecule has 0 bridgehead atoms. The van der Waals surface area contributed by atoms with Gasteiger partial charge in [-0.2, -0.15) is 5.26 Å². The van der Waals surface area contributed by atoms with Crippen LogP contribution in [0.5, 0.6) is 0 Å². The van der Waals surface area contributed by atoms with E-state index in [1.165, 1.54) is 17.0 Å². The minimum Gasteiger partial charge on any atom is -0.303 e. The summed E-state index contributed by atoms with van der Waals surface area (Å²) in [4.78, 5) is 24.3. The highest BCUT2D eigenvalue weighted by Crippen LogP contribution is 2.16. The van der Waals surface area contributed by atoms with Crippen molar-refractivity contribution >= 4 is 23.5 Å². The molecule has 6 heteroatoms. The van der Waals surface area contributed by atoms with Crippen LogP contribution in [0.2, 0.25) is 5.02 Å². The maximum Gasteiger partial charge on any atom is 0.325 e. The molecular formula is C11H8ClN3O2. The van der Waals surface area contributed by atoms with Crippen molar-refractivity contribution in [3.8, 4) is 6.07 Å². The first-order valence-corrected chi connectivity index (χ1v) is 5.27. The standard InChI is InChI=1S/C11H8ClN3O2/c12-8-3-1-7(2-4-8)10(16)14-11(17)15-6-9(15)5-13/h1-4,9H,6H2,(H,14,16,17). The fraction of sp³-hybridized carbons (Fsp3) is 0.182. The van der Waals surface area contributed by atoms with E-state index >= 15 is 0 Å². The third-order valence-corrected chi connectivity index (χ3v) is 2.60. The van der Waals surface area contributed by atoms with Crippen LogP contribution in [0.3, 0.4) is 0 Å². The average molecular weight is 250 g/mol. The Morgan fingerprint density at radius 2 is 2.06 bits per heavy atom. The molecule has 0 saturated carbocycles. The summed E-state index contributed by atoms with van der Waals surface area (Å²) in [5.41, 5.74) is 0.345. The van der Waals surface area contributed by atoms with Gasteiger partial charge in [0.15, 0.2) is 0 Å². The zero-order valence-corrected chi connectivity index (χ0v) is 9.44. The minimum absolute atomic E-state index is 0.345. The lowest BCUT2D eigenvalue weighted by Gasteiger charge is -2.04. The summed E-state index contributed by atoms with van der Waals surface area (Å²) >= 11 is 5.68. The topological polar surface area (TPSA) is 73.0 Å². The number of carbonyl (C=O) groups is 2. The van der Waals surface area contributed by atoms with Gasteiger partial charge in [0.25, 0.3) is 5.91 Å². The van der Waals surface area contributed by atoms with Crippen molar-refractivity contribution in [2.24, 2.45) is 0 Å². The molecule has 1 N–H and O–H groups in total. The molecule has 1 atom stereocenters. The lowest BCUT2D eigenvalue weighted by molar-refractivity contribution is 0.0960. The van der Waals surface area contributed by atoms with Gasteiger partial charge in [0, 0.05) is 10.6 Å². The normalized spacial score (nSPS) is 17.2. The molecule has 3 amide bonds. The summed E-state index contributed by atoms with van der Waals surface area (Å²) in [6.45, 7) is 0.371. The summed E-state index contributed by atoms with van der Waals surface area (Å²) in [5.74, 6) is -0.504. The number of benzene rings is 1. The molecule has 1 saturated heterocycles. The van der Waals surface area contributed by atoms with Crippen LogP contribution in [0.4, 0.5) is 4.79 Å². The third kappa shape index (κ3) is 2.55. The van der Waals surface area contributed by atoms with Crippen LogP contribution in [0.15, 0.2) is 24.3 Å². The second kappa shape index (κ2) is 4.44. The highest BCUT2D eigenvalue weighted by Gasteiger charge is 2.39. The quantitative estimate of drug-likeness (QED) is 0.765. The van der Waals surface area contributed by atoms with Crippen molar-refractivity contribution in [2.45, 2.75) is 6.04 Å². The van der Waals surface area contributed by atoms with E-state index in [1.54, 1.807) is 12.1 Å². The zero-order chi connectivity index (χ0) is 12.4. The molecule has 1 unspecified atom stereocenters. The van der Waals surface area contributed by atoms with E-state index in [9.17, 15) is 9.59 Å². The van der Waals surface area contributed by atoms with Crippen LogP contribution in [0, 0.1) is 11.3 Å². The van der Waals surface area contributed by atoms with Gasteiger partial charge >= 0.3 is 6.03 Å². The van der Waals surface area contributed by atoms with Gasteiger partial charge in [0.1, 0.15) is 6.04 Å². The van der Waals surface area contributed by atoms with Crippen molar-refractivity contribution in [3.05, 3.63) is 34.9 Å². The Morgan fingerprint density at radius 1 is 1.41 bits per heavy atom. The second-order valence-corrected chi connectivity index (χ2v) is 4.00.